The molecule has 2 nitrogen and oxygen atoms in total. The number of alkyl halides is 1. The molecule has 4 aliphatic rings. The Morgan fingerprint density at radius 3 is 2.46 bits per heavy atom. The van der Waals surface area contributed by atoms with E-state index >= 15 is 0 Å². The second kappa shape index (κ2) is 10.7. The minimum absolute atomic E-state index is 0.00906. The Balaban J connectivity index is 1.43. The maximum atomic E-state index is 12.5. The predicted molar refractivity (Wildman–Crippen MR) is 147 cm³/mol. The molecule has 3 heteroatoms. The number of hydrogen-bond acceptors (Lipinski definition) is 2. The second-order valence-electron chi connectivity index (χ2n) is 14.2. The average molecular weight is 505 g/mol. The van der Waals surface area contributed by atoms with E-state index in [1.807, 2.05) is 13.8 Å². The van der Waals surface area contributed by atoms with Gasteiger partial charge >= 0.3 is 5.97 Å². The molecule has 0 spiro atoms. The molecule has 35 heavy (non-hydrogen) atoms. The normalized spacial score (nSPS) is 40.5. The summed E-state index contributed by atoms with van der Waals surface area (Å²) in [6.07, 6.45) is 16.8. The first kappa shape index (κ1) is 27.5. The minimum atomic E-state index is -0.535. The lowest BCUT2D eigenvalue weighted by Gasteiger charge is -2.58. The second-order valence-corrected chi connectivity index (χ2v) is 14.7. The third-order valence-corrected chi connectivity index (χ3v) is 12.0. The highest BCUT2D eigenvalue weighted by molar-refractivity contribution is 6.30. The van der Waals surface area contributed by atoms with E-state index in [0.717, 1.165) is 54.8 Å². The molecule has 4 rings (SSSR count). The molecule has 3 saturated carbocycles. The van der Waals surface area contributed by atoms with E-state index in [4.69, 9.17) is 16.3 Å². The van der Waals surface area contributed by atoms with Crippen molar-refractivity contribution in [2.24, 2.45) is 52.3 Å². The maximum absolute atomic E-state index is 12.5. The first-order valence-corrected chi connectivity index (χ1v) is 15.4. The molecule has 9 atom stereocenters. The molecule has 0 unspecified atom stereocenters. The Hall–Kier alpha value is -0.500. The van der Waals surface area contributed by atoms with Crippen molar-refractivity contribution in [2.45, 2.75) is 131 Å². The monoisotopic (exact) mass is 504 g/mol. The van der Waals surface area contributed by atoms with E-state index < -0.39 is 5.38 Å². The zero-order valence-electron chi connectivity index (χ0n) is 23.7. The lowest BCUT2D eigenvalue weighted by atomic mass is 9.47. The number of allylic oxidation sites excluding steroid dienone is 1. The molecule has 0 aromatic rings. The molecule has 0 amide bonds. The summed E-state index contributed by atoms with van der Waals surface area (Å²) in [6, 6.07) is 0. The summed E-state index contributed by atoms with van der Waals surface area (Å²) in [4.78, 5) is 12.5. The molecule has 0 heterocycles. The summed E-state index contributed by atoms with van der Waals surface area (Å²) in [5.41, 5.74) is 2.42. The molecule has 0 aliphatic heterocycles. The zero-order valence-corrected chi connectivity index (χ0v) is 24.5. The molecule has 0 N–H and O–H groups in total. The molecule has 0 aromatic carbocycles. The molecular formula is C32H53ClO2. The molecular weight excluding hydrogens is 452 g/mol. The Bertz CT molecular complexity index is 786. The summed E-state index contributed by atoms with van der Waals surface area (Å²) in [5.74, 6) is 5.05. The van der Waals surface area contributed by atoms with Crippen molar-refractivity contribution >= 4 is 17.6 Å². The summed E-state index contributed by atoms with van der Waals surface area (Å²) < 4.78 is 5.91. The van der Waals surface area contributed by atoms with Crippen LogP contribution in [0.5, 0.6) is 0 Å². The van der Waals surface area contributed by atoms with Crippen molar-refractivity contribution in [1.29, 1.82) is 0 Å². The van der Waals surface area contributed by atoms with Crippen LogP contribution in [0.4, 0.5) is 0 Å². The Morgan fingerprint density at radius 2 is 1.77 bits per heavy atom. The first-order chi connectivity index (χ1) is 16.5. The number of rotatable bonds is 8. The fourth-order valence-corrected chi connectivity index (χ4v) is 9.31. The lowest BCUT2D eigenvalue weighted by Crippen LogP contribution is -2.51. The van der Waals surface area contributed by atoms with Gasteiger partial charge in [0.25, 0.3) is 0 Å². The van der Waals surface area contributed by atoms with E-state index in [1.165, 1.54) is 51.4 Å². The fourth-order valence-electron chi connectivity index (χ4n) is 9.25. The standard InChI is InChI=1S/C32H53ClO2/c1-20(2)9-8-10-22(5)26-13-14-27-25-12-11-23-19-24(35-30(34)29(33)21(3)4)15-17-31(23,6)28(25)16-18-32(26,27)7/h11,20-22,24-29H,8-10,12-19H2,1-7H3/t22-,24-,25-,26+,27-,28-,29+,31-,32+/m0/s1. The van der Waals surface area contributed by atoms with Crippen LogP contribution in [0.1, 0.15) is 119 Å². The van der Waals surface area contributed by atoms with Crippen molar-refractivity contribution in [2.75, 3.05) is 0 Å². The van der Waals surface area contributed by atoms with Gasteiger partial charge in [-0.05, 0) is 97.2 Å². The molecule has 0 aromatic heterocycles. The van der Waals surface area contributed by atoms with Crippen LogP contribution in [0.2, 0.25) is 0 Å². The third-order valence-electron chi connectivity index (χ3n) is 11.4. The van der Waals surface area contributed by atoms with Gasteiger partial charge in [0.05, 0.1) is 0 Å². The largest absolute Gasteiger partial charge is 0.461 e. The first-order valence-electron chi connectivity index (χ1n) is 15.0. The van der Waals surface area contributed by atoms with Crippen LogP contribution < -0.4 is 0 Å². The molecule has 0 saturated heterocycles. The van der Waals surface area contributed by atoms with E-state index in [1.54, 1.807) is 5.57 Å². The molecule has 200 valence electrons. The van der Waals surface area contributed by atoms with E-state index in [-0.39, 0.29) is 18.0 Å². The van der Waals surface area contributed by atoms with Crippen molar-refractivity contribution in [3.05, 3.63) is 11.6 Å². The van der Waals surface area contributed by atoms with Gasteiger partial charge in [0.15, 0.2) is 0 Å². The Labute approximate surface area is 221 Å². The number of hydrogen-bond donors (Lipinski definition) is 0. The third kappa shape index (κ3) is 5.26. The van der Waals surface area contributed by atoms with Crippen LogP contribution in [0, 0.1) is 52.3 Å². The Morgan fingerprint density at radius 1 is 1.03 bits per heavy atom. The number of esters is 1. The van der Waals surface area contributed by atoms with Crippen molar-refractivity contribution in [1.82, 2.24) is 0 Å². The van der Waals surface area contributed by atoms with Crippen LogP contribution in [0.3, 0.4) is 0 Å². The highest BCUT2D eigenvalue weighted by atomic mass is 35.5. The van der Waals surface area contributed by atoms with Crippen LogP contribution >= 0.6 is 11.6 Å². The van der Waals surface area contributed by atoms with Gasteiger partial charge in [0.1, 0.15) is 11.5 Å². The highest BCUT2D eigenvalue weighted by Crippen LogP contribution is 2.67. The maximum Gasteiger partial charge on any atom is 0.324 e. The van der Waals surface area contributed by atoms with E-state index in [2.05, 4.69) is 40.7 Å². The van der Waals surface area contributed by atoms with Gasteiger partial charge in [0.2, 0.25) is 0 Å². The average Bonchev–Trinajstić information content (AvgIpc) is 3.15. The van der Waals surface area contributed by atoms with Crippen LogP contribution in [-0.2, 0) is 9.53 Å². The van der Waals surface area contributed by atoms with E-state index in [0.29, 0.717) is 10.8 Å². The van der Waals surface area contributed by atoms with Crippen LogP contribution in [-0.4, -0.2) is 17.5 Å². The number of ether oxygens (including phenoxy) is 1. The number of halogens is 1. The molecule has 4 aliphatic carbocycles. The summed E-state index contributed by atoms with van der Waals surface area (Å²) in [7, 11) is 0. The quantitative estimate of drug-likeness (QED) is 0.187. The summed E-state index contributed by atoms with van der Waals surface area (Å²) >= 11 is 6.29. The number of fused-ring (bicyclic) bond motifs is 5. The molecule has 3 fully saturated rings. The topological polar surface area (TPSA) is 26.3 Å². The van der Waals surface area contributed by atoms with Crippen molar-refractivity contribution in [3.63, 3.8) is 0 Å². The molecule has 0 radical (unpaired) electrons. The number of carbonyl (C=O) groups is 1. The SMILES string of the molecule is CC(C)CCC[C@H](C)[C@H]1CC[C@H]2[C@@H]3CC=C4C[C@@H](OC(=O)[C@H](Cl)C(C)C)CC[C@]4(C)[C@H]3CC[C@]12C. The van der Waals surface area contributed by atoms with Crippen molar-refractivity contribution in [3.8, 4) is 0 Å². The summed E-state index contributed by atoms with van der Waals surface area (Å²) in [5, 5.41) is -0.535. The van der Waals surface area contributed by atoms with Gasteiger partial charge < -0.3 is 4.74 Å². The van der Waals surface area contributed by atoms with Crippen LogP contribution in [0.15, 0.2) is 11.6 Å². The summed E-state index contributed by atoms with van der Waals surface area (Å²) in [6.45, 7) is 16.5. The predicted octanol–water partition coefficient (Wildman–Crippen LogP) is 9.20. The van der Waals surface area contributed by atoms with Crippen LogP contribution in [0.25, 0.3) is 0 Å². The highest BCUT2D eigenvalue weighted by Gasteiger charge is 2.59. The lowest BCUT2D eigenvalue weighted by molar-refractivity contribution is -0.151. The minimum Gasteiger partial charge on any atom is -0.461 e. The number of carbonyl (C=O) groups excluding carboxylic acids is 1. The van der Waals surface area contributed by atoms with Gasteiger partial charge in [-0.1, -0.05) is 79.4 Å². The van der Waals surface area contributed by atoms with Gasteiger partial charge in [-0.3, -0.25) is 4.79 Å². The van der Waals surface area contributed by atoms with Gasteiger partial charge in [-0.2, -0.15) is 0 Å². The van der Waals surface area contributed by atoms with Crippen molar-refractivity contribution < 1.29 is 9.53 Å². The smallest absolute Gasteiger partial charge is 0.324 e. The Kier molecular flexibility index (Phi) is 8.42. The fraction of sp³-hybridized carbons (Fsp3) is 0.906. The zero-order chi connectivity index (χ0) is 25.5. The van der Waals surface area contributed by atoms with Gasteiger partial charge in [-0.25, -0.2) is 0 Å². The van der Waals surface area contributed by atoms with E-state index in [9.17, 15) is 4.79 Å². The van der Waals surface area contributed by atoms with Gasteiger partial charge in [-0.15, -0.1) is 11.6 Å². The molecule has 0 bridgehead atoms. The van der Waals surface area contributed by atoms with Gasteiger partial charge in [0, 0.05) is 6.42 Å².